The van der Waals surface area contributed by atoms with Gasteiger partial charge in [0.05, 0.1) is 6.54 Å². The van der Waals surface area contributed by atoms with E-state index in [9.17, 15) is 9.59 Å². The average Bonchev–Trinajstić information content (AvgIpc) is 2.87. The number of hydrogen-bond donors (Lipinski definition) is 0. The van der Waals surface area contributed by atoms with E-state index in [2.05, 4.69) is 4.98 Å². The van der Waals surface area contributed by atoms with E-state index in [1.807, 2.05) is 30.3 Å². The lowest BCUT2D eigenvalue weighted by atomic mass is 10.3. The highest BCUT2D eigenvalue weighted by Crippen LogP contribution is 2.16. The molecule has 0 saturated carbocycles. The van der Waals surface area contributed by atoms with Gasteiger partial charge in [-0.05, 0) is 12.1 Å². The van der Waals surface area contributed by atoms with Gasteiger partial charge in [-0.3, -0.25) is 0 Å². The summed E-state index contributed by atoms with van der Waals surface area (Å²) in [4.78, 5) is 27.0. The van der Waals surface area contributed by atoms with Gasteiger partial charge in [0.15, 0.2) is 6.10 Å². The third-order valence-corrected chi connectivity index (χ3v) is 3.06. The topological polar surface area (TPSA) is 75.4 Å². The zero-order valence-corrected chi connectivity index (χ0v) is 10.9. The third kappa shape index (κ3) is 2.18. The first-order valence-corrected chi connectivity index (χ1v) is 6.17. The number of benzene rings is 1. The van der Waals surface area contributed by atoms with Crippen molar-refractivity contribution in [2.75, 3.05) is 6.61 Å². The molecule has 0 saturated heterocycles. The summed E-state index contributed by atoms with van der Waals surface area (Å²) in [6, 6.07) is 9.36. The van der Waals surface area contributed by atoms with Gasteiger partial charge in [-0.15, -0.1) is 4.98 Å². The van der Waals surface area contributed by atoms with E-state index >= 15 is 0 Å². The van der Waals surface area contributed by atoms with Gasteiger partial charge in [-0.25, -0.2) is 18.7 Å². The lowest BCUT2D eigenvalue weighted by molar-refractivity contribution is 0.143. The predicted molar refractivity (Wildman–Crippen MR) is 70.1 cm³/mol. The summed E-state index contributed by atoms with van der Waals surface area (Å²) in [6.45, 7) is 0.604. The van der Waals surface area contributed by atoms with Crippen LogP contribution in [0.5, 0.6) is 11.8 Å². The van der Waals surface area contributed by atoms with Crippen LogP contribution in [0.15, 0.2) is 39.9 Å². The van der Waals surface area contributed by atoms with Gasteiger partial charge in [0.2, 0.25) is 0 Å². The van der Waals surface area contributed by atoms with Crippen molar-refractivity contribution in [1.82, 2.24) is 14.1 Å². The van der Waals surface area contributed by atoms with E-state index in [1.165, 1.54) is 11.6 Å². The average molecular weight is 275 g/mol. The van der Waals surface area contributed by atoms with E-state index in [1.54, 1.807) is 0 Å². The zero-order valence-electron chi connectivity index (χ0n) is 10.9. The van der Waals surface area contributed by atoms with E-state index in [4.69, 9.17) is 9.47 Å². The van der Waals surface area contributed by atoms with E-state index in [-0.39, 0.29) is 18.7 Å². The van der Waals surface area contributed by atoms with Crippen molar-refractivity contribution in [3.05, 3.63) is 51.3 Å². The summed E-state index contributed by atoms with van der Waals surface area (Å²) in [5, 5.41) is 0. The Hall–Kier alpha value is -2.57. The Bertz CT molecular complexity index is 736. The Morgan fingerprint density at radius 2 is 2.10 bits per heavy atom. The molecular formula is C13H13N3O4. The molecule has 2 heterocycles. The summed E-state index contributed by atoms with van der Waals surface area (Å²) in [6.07, 6.45) is -0.336. The van der Waals surface area contributed by atoms with Crippen molar-refractivity contribution in [2.45, 2.75) is 12.6 Å². The van der Waals surface area contributed by atoms with Crippen molar-refractivity contribution in [3.8, 4) is 11.8 Å². The van der Waals surface area contributed by atoms with Gasteiger partial charge in [0.1, 0.15) is 12.4 Å². The van der Waals surface area contributed by atoms with Crippen LogP contribution in [0, 0.1) is 0 Å². The fourth-order valence-corrected chi connectivity index (χ4v) is 1.99. The molecule has 0 fully saturated rings. The first-order valence-electron chi connectivity index (χ1n) is 6.17. The highest BCUT2D eigenvalue weighted by Gasteiger charge is 2.27. The van der Waals surface area contributed by atoms with Gasteiger partial charge in [-0.1, -0.05) is 18.2 Å². The highest BCUT2D eigenvalue weighted by molar-refractivity contribution is 5.21. The van der Waals surface area contributed by atoms with E-state index < -0.39 is 11.4 Å². The molecule has 7 nitrogen and oxygen atoms in total. The molecule has 20 heavy (non-hydrogen) atoms. The zero-order chi connectivity index (χ0) is 14.1. The second kappa shape index (κ2) is 4.84. The van der Waals surface area contributed by atoms with Crippen LogP contribution >= 0.6 is 0 Å². The van der Waals surface area contributed by atoms with Crippen LogP contribution in [-0.2, 0) is 13.6 Å². The molecule has 104 valence electrons. The number of para-hydroxylation sites is 1. The molecule has 1 aromatic heterocycles. The quantitative estimate of drug-likeness (QED) is 0.774. The van der Waals surface area contributed by atoms with Crippen LogP contribution in [-0.4, -0.2) is 26.8 Å². The maximum Gasteiger partial charge on any atom is 0.356 e. The van der Waals surface area contributed by atoms with Crippen molar-refractivity contribution >= 4 is 0 Å². The minimum atomic E-state index is -0.620. The van der Waals surface area contributed by atoms with Gasteiger partial charge in [0.25, 0.3) is 0 Å². The summed E-state index contributed by atoms with van der Waals surface area (Å²) in [5.74, 6) is 0.724. The molecule has 1 atom stereocenters. The van der Waals surface area contributed by atoms with Crippen LogP contribution < -0.4 is 20.9 Å². The number of aromatic nitrogens is 3. The predicted octanol–water partition coefficient (Wildman–Crippen LogP) is -0.218. The van der Waals surface area contributed by atoms with E-state index in [0.717, 1.165) is 10.3 Å². The van der Waals surface area contributed by atoms with Crippen LogP contribution in [0.4, 0.5) is 0 Å². The molecule has 1 aliphatic rings. The fourth-order valence-electron chi connectivity index (χ4n) is 1.99. The van der Waals surface area contributed by atoms with Crippen molar-refractivity contribution in [1.29, 1.82) is 0 Å². The van der Waals surface area contributed by atoms with Crippen molar-refractivity contribution < 1.29 is 9.47 Å². The molecule has 0 bridgehead atoms. The largest absolute Gasteiger partial charge is 0.490 e. The number of fused-ring (bicyclic) bond motifs is 1. The molecule has 1 aromatic carbocycles. The number of rotatable bonds is 3. The smallest absolute Gasteiger partial charge is 0.356 e. The lowest BCUT2D eigenvalue weighted by Crippen LogP contribution is -2.38. The van der Waals surface area contributed by atoms with Gasteiger partial charge < -0.3 is 9.47 Å². The summed E-state index contributed by atoms with van der Waals surface area (Å²) in [7, 11) is 1.39. The monoisotopic (exact) mass is 275 g/mol. The minimum absolute atomic E-state index is 0.0553. The Morgan fingerprint density at radius 1 is 1.35 bits per heavy atom. The highest BCUT2D eigenvalue weighted by atomic mass is 16.6. The number of hydrogen-bond acceptors (Lipinski definition) is 5. The Balaban J connectivity index is 1.73. The van der Waals surface area contributed by atoms with Crippen molar-refractivity contribution in [2.24, 2.45) is 7.05 Å². The molecule has 0 N–H and O–H groups in total. The lowest BCUT2D eigenvalue weighted by Gasteiger charge is -2.10. The number of nitrogens with zero attached hydrogens (tertiary/aromatic N) is 3. The fraction of sp³-hybridized carbons (Fsp3) is 0.308. The molecule has 3 rings (SSSR count). The molecular weight excluding hydrogens is 262 g/mol. The third-order valence-electron chi connectivity index (χ3n) is 3.06. The van der Waals surface area contributed by atoms with E-state index in [0.29, 0.717) is 6.54 Å². The Morgan fingerprint density at radius 3 is 2.85 bits per heavy atom. The first-order chi connectivity index (χ1) is 9.65. The van der Waals surface area contributed by atoms with Crippen LogP contribution in [0.1, 0.15) is 0 Å². The standard InChI is InChI=1S/C13H13N3O4/c1-15-11(17)14-12-16(13(15)18)7-10(20-12)8-19-9-5-3-2-4-6-9/h2-6,10H,7-8H2,1H3. The Labute approximate surface area is 114 Å². The van der Waals surface area contributed by atoms with Crippen LogP contribution in [0.25, 0.3) is 0 Å². The van der Waals surface area contributed by atoms with Crippen LogP contribution in [0.3, 0.4) is 0 Å². The molecule has 0 radical (unpaired) electrons. The number of ether oxygens (including phenoxy) is 2. The van der Waals surface area contributed by atoms with Gasteiger partial charge in [-0.2, -0.15) is 0 Å². The SMILES string of the molecule is Cn1c(=O)nc2n(c1=O)CC(COc1ccccc1)O2. The molecule has 2 aromatic rings. The normalized spacial score (nSPS) is 16.6. The summed E-state index contributed by atoms with van der Waals surface area (Å²) < 4.78 is 13.3. The summed E-state index contributed by atoms with van der Waals surface area (Å²) in [5.41, 5.74) is -1.05. The maximum atomic E-state index is 11.9. The minimum Gasteiger partial charge on any atom is -0.490 e. The summed E-state index contributed by atoms with van der Waals surface area (Å²) >= 11 is 0. The molecule has 7 heteroatoms. The molecule has 0 aliphatic carbocycles. The second-order valence-electron chi connectivity index (χ2n) is 4.49. The van der Waals surface area contributed by atoms with Crippen molar-refractivity contribution in [3.63, 3.8) is 0 Å². The molecule has 0 amide bonds. The second-order valence-corrected chi connectivity index (χ2v) is 4.49. The molecule has 0 spiro atoms. The molecule has 1 aliphatic heterocycles. The first kappa shape index (κ1) is 12.5. The Kier molecular flexibility index (Phi) is 3.02. The maximum absolute atomic E-state index is 11.9. The molecule has 1 unspecified atom stereocenters. The van der Waals surface area contributed by atoms with Gasteiger partial charge >= 0.3 is 17.4 Å². The van der Waals surface area contributed by atoms with Gasteiger partial charge in [0, 0.05) is 7.05 Å². The van der Waals surface area contributed by atoms with Crippen LogP contribution in [0.2, 0.25) is 0 Å².